The van der Waals surface area contributed by atoms with Gasteiger partial charge in [0.1, 0.15) is 5.01 Å². The highest BCUT2D eigenvalue weighted by molar-refractivity contribution is 14.1. The molecule has 1 aliphatic heterocycles. The van der Waals surface area contributed by atoms with E-state index in [2.05, 4.69) is 76.3 Å². The Morgan fingerprint density at radius 1 is 1.19 bits per heavy atom. The molecule has 0 bridgehead atoms. The van der Waals surface area contributed by atoms with E-state index in [9.17, 15) is 0 Å². The van der Waals surface area contributed by atoms with Gasteiger partial charge < -0.3 is 5.32 Å². The quantitative estimate of drug-likeness (QED) is 0.781. The maximum absolute atomic E-state index is 4.91. The van der Waals surface area contributed by atoms with Gasteiger partial charge in [0, 0.05) is 40.7 Å². The summed E-state index contributed by atoms with van der Waals surface area (Å²) in [4.78, 5) is 7.44. The Hall–Kier alpha value is -0.500. The number of thiazole rings is 1. The first-order chi connectivity index (χ1) is 10.1. The molecule has 1 aromatic heterocycles. The molecule has 1 fully saturated rings. The highest BCUT2D eigenvalue weighted by atomic mass is 127. The second-order valence-corrected chi connectivity index (χ2v) is 7.94. The van der Waals surface area contributed by atoms with Gasteiger partial charge in [-0.2, -0.15) is 0 Å². The van der Waals surface area contributed by atoms with Crippen LogP contribution in [0.15, 0.2) is 29.6 Å². The van der Waals surface area contributed by atoms with Crippen molar-refractivity contribution in [2.75, 3.05) is 26.2 Å². The van der Waals surface area contributed by atoms with E-state index in [1.54, 1.807) is 11.3 Å². The number of piperazine rings is 1. The van der Waals surface area contributed by atoms with Crippen LogP contribution in [0.4, 0.5) is 0 Å². The van der Waals surface area contributed by atoms with Crippen LogP contribution in [-0.4, -0.2) is 36.1 Å². The van der Waals surface area contributed by atoms with Crippen molar-refractivity contribution in [3.8, 4) is 11.3 Å². The highest BCUT2D eigenvalue weighted by Gasteiger charge is 2.32. The normalized spacial score (nSPS) is 17.1. The molecule has 2 aromatic rings. The molecular weight excluding hydrogens is 393 g/mol. The highest BCUT2D eigenvalue weighted by Crippen LogP contribution is 2.33. The molecule has 21 heavy (non-hydrogen) atoms. The first-order valence-electron chi connectivity index (χ1n) is 7.25. The second kappa shape index (κ2) is 6.32. The fourth-order valence-electron chi connectivity index (χ4n) is 2.67. The minimum atomic E-state index is 0.00816. The van der Waals surface area contributed by atoms with Crippen molar-refractivity contribution in [3.05, 3.63) is 38.2 Å². The van der Waals surface area contributed by atoms with Crippen LogP contribution in [0.1, 0.15) is 18.9 Å². The minimum absolute atomic E-state index is 0.00816. The van der Waals surface area contributed by atoms with Crippen molar-refractivity contribution in [2.24, 2.45) is 0 Å². The third kappa shape index (κ3) is 3.31. The summed E-state index contributed by atoms with van der Waals surface area (Å²) in [6, 6.07) is 8.57. The molecule has 0 amide bonds. The lowest BCUT2D eigenvalue weighted by Crippen LogP contribution is -2.51. The van der Waals surface area contributed by atoms with Gasteiger partial charge in [-0.1, -0.05) is 12.1 Å². The summed E-state index contributed by atoms with van der Waals surface area (Å²) >= 11 is 4.11. The number of hydrogen-bond donors (Lipinski definition) is 1. The fraction of sp³-hybridized carbons (Fsp3) is 0.438. The molecular formula is C16H20IN3S. The molecule has 5 heteroatoms. The Morgan fingerprint density at radius 2 is 1.86 bits per heavy atom. The average Bonchev–Trinajstić information content (AvgIpc) is 2.99. The summed E-state index contributed by atoms with van der Waals surface area (Å²) in [7, 11) is 0. The maximum atomic E-state index is 4.91. The lowest BCUT2D eigenvalue weighted by atomic mass is 10.0. The summed E-state index contributed by atoms with van der Waals surface area (Å²) in [6.07, 6.45) is 0. The molecule has 1 saturated heterocycles. The third-order valence-corrected chi connectivity index (χ3v) is 5.95. The largest absolute Gasteiger partial charge is 0.314 e. The van der Waals surface area contributed by atoms with Crippen molar-refractivity contribution < 1.29 is 0 Å². The van der Waals surface area contributed by atoms with Gasteiger partial charge in [-0.25, -0.2) is 4.98 Å². The molecule has 1 aromatic carbocycles. The molecule has 0 spiro atoms. The van der Waals surface area contributed by atoms with E-state index in [0.717, 1.165) is 31.9 Å². The molecule has 0 atom stereocenters. The first-order valence-corrected chi connectivity index (χ1v) is 9.21. The Kier molecular flexibility index (Phi) is 4.63. The zero-order valence-electron chi connectivity index (χ0n) is 12.4. The minimum Gasteiger partial charge on any atom is -0.314 e. The van der Waals surface area contributed by atoms with Crippen LogP contribution in [0, 0.1) is 3.57 Å². The summed E-state index contributed by atoms with van der Waals surface area (Å²) in [5.74, 6) is 0. The van der Waals surface area contributed by atoms with Gasteiger partial charge in [-0.15, -0.1) is 11.3 Å². The van der Waals surface area contributed by atoms with Crippen LogP contribution in [0.2, 0.25) is 0 Å². The van der Waals surface area contributed by atoms with E-state index >= 15 is 0 Å². The zero-order chi connectivity index (χ0) is 14.9. The van der Waals surface area contributed by atoms with Crippen LogP contribution in [0.5, 0.6) is 0 Å². The predicted molar refractivity (Wildman–Crippen MR) is 97.7 cm³/mol. The Balaban J connectivity index is 1.84. The van der Waals surface area contributed by atoms with Crippen LogP contribution >= 0.6 is 33.9 Å². The molecule has 2 heterocycles. The summed E-state index contributed by atoms with van der Waals surface area (Å²) < 4.78 is 1.26. The fourth-order valence-corrected chi connectivity index (χ4v) is 4.01. The van der Waals surface area contributed by atoms with Crippen LogP contribution in [-0.2, 0) is 5.54 Å². The van der Waals surface area contributed by atoms with E-state index in [4.69, 9.17) is 4.98 Å². The lowest BCUT2D eigenvalue weighted by Gasteiger charge is -2.39. The lowest BCUT2D eigenvalue weighted by molar-refractivity contribution is 0.102. The first kappa shape index (κ1) is 15.4. The van der Waals surface area contributed by atoms with Gasteiger partial charge in [-0.3, -0.25) is 4.90 Å². The molecule has 112 valence electrons. The molecule has 0 saturated carbocycles. The topological polar surface area (TPSA) is 28.2 Å². The number of aromatic nitrogens is 1. The third-order valence-electron chi connectivity index (χ3n) is 4.08. The molecule has 0 aliphatic carbocycles. The van der Waals surface area contributed by atoms with Gasteiger partial charge in [0.15, 0.2) is 0 Å². The number of benzene rings is 1. The monoisotopic (exact) mass is 413 g/mol. The number of hydrogen-bond acceptors (Lipinski definition) is 4. The van der Waals surface area contributed by atoms with Crippen molar-refractivity contribution in [2.45, 2.75) is 19.4 Å². The van der Waals surface area contributed by atoms with Gasteiger partial charge >= 0.3 is 0 Å². The zero-order valence-corrected chi connectivity index (χ0v) is 15.4. The van der Waals surface area contributed by atoms with E-state index in [0.29, 0.717) is 0 Å². The second-order valence-electron chi connectivity index (χ2n) is 5.84. The predicted octanol–water partition coefficient (Wildman–Crippen LogP) is 3.56. The number of rotatable bonds is 3. The molecule has 0 unspecified atom stereocenters. The van der Waals surface area contributed by atoms with Crippen molar-refractivity contribution in [1.82, 2.24) is 15.2 Å². The number of nitrogens with zero attached hydrogens (tertiary/aromatic N) is 2. The Morgan fingerprint density at radius 3 is 2.52 bits per heavy atom. The molecule has 1 N–H and O–H groups in total. The molecule has 3 rings (SSSR count). The molecule has 0 radical (unpaired) electrons. The van der Waals surface area contributed by atoms with Crippen molar-refractivity contribution >= 4 is 33.9 Å². The van der Waals surface area contributed by atoms with Gasteiger partial charge in [0.05, 0.1) is 11.2 Å². The van der Waals surface area contributed by atoms with Crippen LogP contribution in [0.25, 0.3) is 11.3 Å². The maximum Gasteiger partial charge on any atom is 0.113 e. The van der Waals surface area contributed by atoms with E-state index in [1.807, 2.05) is 0 Å². The smallest absolute Gasteiger partial charge is 0.113 e. The van der Waals surface area contributed by atoms with Crippen LogP contribution < -0.4 is 5.32 Å². The summed E-state index contributed by atoms with van der Waals surface area (Å²) in [6.45, 7) is 8.89. The van der Waals surface area contributed by atoms with Crippen molar-refractivity contribution in [1.29, 1.82) is 0 Å². The van der Waals surface area contributed by atoms with E-state index in [1.165, 1.54) is 14.1 Å². The van der Waals surface area contributed by atoms with E-state index < -0.39 is 0 Å². The van der Waals surface area contributed by atoms with Crippen molar-refractivity contribution in [3.63, 3.8) is 0 Å². The summed E-state index contributed by atoms with van der Waals surface area (Å²) in [5.41, 5.74) is 2.30. The standard InChI is InChI=1S/C16H20IN3S/c1-16(2,20-9-7-18-8-10-20)15-19-14(11-21-15)12-3-5-13(17)6-4-12/h3-6,11,18H,7-10H2,1-2H3. The summed E-state index contributed by atoms with van der Waals surface area (Å²) in [5, 5.41) is 6.80. The van der Waals surface area contributed by atoms with Crippen LogP contribution in [0.3, 0.4) is 0 Å². The number of halogens is 1. The molecule has 3 nitrogen and oxygen atoms in total. The Labute approximate surface area is 143 Å². The Bertz CT molecular complexity index is 600. The van der Waals surface area contributed by atoms with Gasteiger partial charge in [-0.05, 0) is 48.6 Å². The SMILES string of the molecule is CC(C)(c1nc(-c2ccc(I)cc2)cs1)N1CCNCC1. The average molecular weight is 413 g/mol. The van der Waals surface area contributed by atoms with Gasteiger partial charge in [0.2, 0.25) is 0 Å². The van der Waals surface area contributed by atoms with Gasteiger partial charge in [0.25, 0.3) is 0 Å². The van der Waals surface area contributed by atoms with E-state index in [-0.39, 0.29) is 5.54 Å². The molecule has 1 aliphatic rings. The number of nitrogens with one attached hydrogen (secondary N) is 1.